The number of carbonyl (C=O) groups excluding carboxylic acids is 2. The Balaban J connectivity index is 1.55. The Morgan fingerprint density at radius 3 is 1.35 bits per heavy atom. The van der Waals surface area contributed by atoms with E-state index >= 15 is 0 Å². The van der Waals surface area contributed by atoms with Crippen molar-refractivity contribution in [1.82, 2.24) is 29.7 Å². The second-order valence-electron chi connectivity index (χ2n) is 10.4. The maximum absolute atomic E-state index is 13.6. The van der Waals surface area contributed by atoms with Gasteiger partial charge in [0.2, 0.25) is 0 Å². The molecule has 0 aliphatic carbocycles. The summed E-state index contributed by atoms with van der Waals surface area (Å²) in [4.78, 5) is 36.5. The third-order valence-corrected chi connectivity index (χ3v) is 15.4. The quantitative estimate of drug-likeness (QED) is 0.0524. The van der Waals surface area contributed by atoms with Gasteiger partial charge >= 0.3 is 29.7 Å². The van der Waals surface area contributed by atoms with Crippen molar-refractivity contribution < 1.29 is 36.1 Å². The first kappa shape index (κ1) is 37.6. The molecule has 0 radical (unpaired) electrons. The summed E-state index contributed by atoms with van der Waals surface area (Å²) >= 11 is 0. The van der Waals surface area contributed by atoms with Gasteiger partial charge in [-0.25, -0.2) is 28.7 Å². The number of carbonyl (C=O) groups is 2. The monoisotopic (exact) mass is 738 g/mol. The normalized spacial score (nSPS) is 12.2. The van der Waals surface area contributed by atoms with Gasteiger partial charge in [-0.3, -0.25) is 0 Å². The molecule has 16 nitrogen and oxygen atoms in total. The first-order chi connectivity index (χ1) is 23.1. The summed E-state index contributed by atoms with van der Waals surface area (Å²) in [7, 11) is 6.09. The van der Waals surface area contributed by atoms with E-state index < -0.39 is 17.6 Å². The Bertz CT molecular complexity index is 1580. The number of anilines is 2. The van der Waals surface area contributed by atoms with Crippen LogP contribution >= 0.6 is 21.6 Å². The van der Waals surface area contributed by atoms with Crippen LogP contribution in [0.15, 0.2) is 46.7 Å². The Morgan fingerprint density at radius 2 is 1.02 bits per heavy atom. The van der Waals surface area contributed by atoms with E-state index in [9.17, 15) is 9.59 Å². The molecule has 20 heteroatoms. The molecule has 4 rings (SSSR count). The van der Waals surface area contributed by atoms with Crippen LogP contribution in [0.2, 0.25) is 12.1 Å². The van der Waals surface area contributed by atoms with Gasteiger partial charge in [0.25, 0.3) is 0 Å². The van der Waals surface area contributed by atoms with Gasteiger partial charge in [0.15, 0.2) is 10.3 Å². The van der Waals surface area contributed by atoms with Crippen molar-refractivity contribution in [3.63, 3.8) is 0 Å². The predicted octanol–water partition coefficient (Wildman–Crippen LogP) is 4.00. The van der Waals surface area contributed by atoms with E-state index in [1.165, 1.54) is 30.7 Å². The SMILES string of the molecule is CO[Si](CCCNC(=O)n1c(SSc2nc3cc(N)ccc3n2C(=O)NCCC[Si](OC)(OC)OC)nc2cc(N)ccc21)(OC)OC. The molecule has 0 saturated heterocycles. The molecule has 0 aliphatic heterocycles. The van der Waals surface area contributed by atoms with Crippen molar-refractivity contribution in [2.45, 2.75) is 35.2 Å². The molecule has 2 heterocycles. The van der Waals surface area contributed by atoms with E-state index in [4.69, 9.17) is 38.0 Å². The highest BCUT2D eigenvalue weighted by atomic mass is 33.1. The number of nitrogens with one attached hydrogen (secondary N) is 2. The highest BCUT2D eigenvalue weighted by Crippen LogP contribution is 2.39. The predicted molar refractivity (Wildman–Crippen MR) is 190 cm³/mol. The molecule has 2 aromatic heterocycles. The Morgan fingerprint density at radius 1 is 0.667 bits per heavy atom. The highest BCUT2D eigenvalue weighted by molar-refractivity contribution is 8.76. The highest BCUT2D eigenvalue weighted by Gasteiger charge is 2.37. The summed E-state index contributed by atoms with van der Waals surface area (Å²) in [5.74, 6) is 0. The van der Waals surface area contributed by atoms with Gasteiger partial charge in [0.1, 0.15) is 0 Å². The van der Waals surface area contributed by atoms with Crippen molar-refractivity contribution in [3.05, 3.63) is 36.4 Å². The number of imidazole rings is 2. The van der Waals surface area contributed by atoms with Gasteiger partial charge in [-0.2, -0.15) is 0 Å². The minimum absolute atomic E-state index is 0.343. The Hall–Kier alpha value is -3.19. The van der Waals surface area contributed by atoms with Crippen LogP contribution in [-0.4, -0.2) is 105 Å². The molecular formula is C28H42N8O8S2Si2. The molecule has 0 spiro atoms. The number of aromatic nitrogens is 4. The zero-order chi connectivity index (χ0) is 34.9. The summed E-state index contributed by atoms with van der Waals surface area (Å²) in [6.07, 6.45) is 1.14. The summed E-state index contributed by atoms with van der Waals surface area (Å²) in [5.41, 5.74) is 15.3. The van der Waals surface area contributed by atoms with E-state index in [1.807, 2.05) is 0 Å². The number of amides is 2. The van der Waals surface area contributed by atoms with E-state index in [-0.39, 0.29) is 12.1 Å². The fraction of sp³-hybridized carbons (Fsp3) is 0.429. The lowest BCUT2D eigenvalue weighted by Gasteiger charge is -2.24. The zero-order valence-electron chi connectivity index (χ0n) is 27.7. The average molecular weight is 739 g/mol. The van der Waals surface area contributed by atoms with Gasteiger partial charge in [-0.05, 0) is 70.8 Å². The van der Waals surface area contributed by atoms with Crippen LogP contribution < -0.4 is 22.1 Å². The van der Waals surface area contributed by atoms with Crippen molar-refractivity contribution in [2.75, 3.05) is 67.2 Å². The molecule has 0 aliphatic rings. The smallest absolute Gasteiger partial charge is 0.399 e. The summed E-state index contributed by atoms with van der Waals surface area (Å²) in [5, 5.41) is 6.63. The Labute approximate surface area is 288 Å². The number of rotatable bonds is 17. The van der Waals surface area contributed by atoms with E-state index in [0.717, 1.165) is 0 Å². The third-order valence-electron chi connectivity index (χ3n) is 7.63. The number of hydrogen-bond acceptors (Lipinski definition) is 14. The minimum atomic E-state index is -2.78. The van der Waals surface area contributed by atoms with Crippen LogP contribution in [0.3, 0.4) is 0 Å². The zero-order valence-corrected chi connectivity index (χ0v) is 31.4. The fourth-order valence-corrected chi connectivity index (χ4v) is 10.5. The topological polar surface area (TPSA) is 201 Å². The van der Waals surface area contributed by atoms with Crippen molar-refractivity contribution in [3.8, 4) is 0 Å². The van der Waals surface area contributed by atoms with E-state index in [2.05, 4.69) is 20.6 Å². The van der Waals surface area contributed by atoms with Crippen LogP contribution in [-0.2, 0) is 26.6 Å². The summed E-state index contributed by atoms with van der Waals surface area (Å²) < 4.78 is 35.8. The maximum Gasteiger partial charge on any atom is 0.500 e. The standard InChI is InChI=1S/C28H42N8O8S2Si2/c1-39-47(40-2,41-3)15-7-13-31-25(37)35-23-11-9-19(29)17-21(23)33-27(35)45-46-28-34-22-18-20(30)10-12-24(22)36(28)26(38)32-14-8-16-48(42-4,43-5)44-6/h9-12,17-18H,7-8,13-16,29-30H2,1-6H3,(H,31,37)(H,32,38). The number of hydrogen-bond donors (Lipinski definition) is 4. The van der Waals surface area contributed by atoms with Crippen molar-refractivity contribution in [2.24, 2.45) is 0 Å². The number of nitrogens with zero attached hydrogens (tertiary/aromatic N) is 4. The first-order valence-electron chi connectivity index (χ1n) is 14.9. The van der Waals surface area contributed by atoms with E-state index in [1.54, 1.807) is 79.1 Å². The van der Waals surface area contributed by atoms with E-state index in [0.29, 0.717) is 81.8 Å². The van der Waals surface area contributed by atoms with Gasteiger partial charge in [-0.15, -0.1) is 0 Å². The molecule has 48 heavy (non-hydrogen) atoms. The molecule has 0 unspecified atom stereocenters. The number of nitrogens with two attached hydrogens (primary N) is 2. The summed E-state index contributed by atoms with van der Waals surface area (Å²) in [6, 6.07) is 10.6. The second kappa shape index (κ2) is 17.0. The molecular weight excluding hydrogens is 697 g/mol. The molecule has 0 bridgehead atoms. The molecule has 4 aromatic rings. The molecule has 6 N–H and O–H groups in total. The summed E-state index contributed by atoms with van der Waals surface area (Å²) in [6.45, 7) is 0.686. The van der Waals surface area contributed by atoms with Crippen LogP contribution in [0.5, 0.6) is 0 Å². The van der Waals surface area contributed by atoms with Crippen molar-refractivity contribution >= 4 is 84.7 Å². The molecule has 0 atom stereocenters. The van der Waals surface area contributed by atoms with Crippen molar-refractivity contribution in [1.29, 1.82) is 0 Å². The van der Waals surface area contributed by atoms with Crippen LogP contribution in [0.1, 0.15) is 12.8 Å². The lowest BCUT2D eigenvalue weighted by Crippen LogP contribution is -2.43. The second-order valence-corrected chi connectivity index (χ2v) is 18.6. The van der Waals surface area contributed by atoms with Crippen LogP contribution in [0, 0.1) is 0 Å². The number of fused-ring (bicyclic) bond motifs is 2. The van der Waals surface area contributed by atoms with Gasteiger partial charge in [0, 0.05) is 79.2 Å². The molecule has 2 amide bonds. The molecule has 0 saturated carbocycles. The van der Waals surface area contributed by atoms with Gasteiger partial charge in [0.05, 0.1) is 22.1 Å². The molecule has 0 fully saturated rings. The third kappa shape index (κ3) is 8.51. The molecule has 262 valence electrons. The maximum atomic E-state index is 13.6. The average Bonchev–Trinajstić information content (AvgIpc) is 3.65. The fourth-order valence-electron chi connectivity index (χ4n) is 5.00. The minimum Gasteiger partial charge on any atom is -0.399 e. The first-order valence-corrected chi connectivity index (χ1v) is 20.9. The Kier molecular flexibility index (Phi) is 13.3. The molecule has 2 aromatic carbocycles. The van der Waals surface area contributed by atoms with Gasteiger partial charge in [-0.1, -0.05) is 0 Å². The number of benzene rings is 2. The largest absolute Gasteiger partial charge is 0.500 e. The lowest BCUT2D eigenvalue weighted by atomic mass is 10.3. The van der Waals surface area contributed by atoms with Gasteiger partial charge < -0.3 is 48.7 Å². The van der Waals surface area contributed by atoms with Crippen LogP contribution in [0.4, 0.5) is 21.0 Å². The lowest BCUT2D eigenvalue weighted by molar-refractivity contribution is 0.122. The number of nitrogen functional groups attached to an aromatic ring is 2. The van der Waals surface area contributed by atoms with Crippen LogP contribution in [0.25, 0.3) is 22.1 Å².